The lowest BCUT2D eigenvalue weighted by Crippen LogP contribution is -2.36. The number of aliphatic hydroxyl groups excluding tert-OH is 1. The Balaban J connectivity index is 3.15. The Morgan fingerprint density at radius 2 is 1.29 bits per heavy atom. The molecule has 0 saturated heterocycles. The lowest BCUT2D eigenvalue weighted by Gasteiger charge is -2.10. The zero-order valence-electron chi connectivity index (χ0n) is 15.3. The summed E-state index contributed by atoms with van der Waals surface area (Å²) in [7, 11) is -4.10. The number of hydrogen-bond acceptors (Lipinski definition) is 5. The molecule has 0 aliphatic carbocycles. The van der Waals surface area contributed by atoms with Crippen molar-refractivity contribution in [3.63, 3.8) is 0 Å². The van der Waals surface area contributed by atoms with Crippen LogP contribution in [0.15, 0.2) is 0 Å². The standard InChI is InChI=1S/C17H38N2O4S/c1-2-3-4-5-6-7-8-9-10-11-12-18-13-14-19-15-17(20)16-24(21,22)23/h17-20H,2-16H2,1H3,(H,21,22,23). The predicted octanol–water partition coefficient (Wildman–Crippen LogP) is 2.34. The van der Waals surface area contributed by atoms with Gasteiger partial charge in [-0.3, -0.25) is 4.55 Å². The van der Waals surface area contributed by atoms with Crippen molar-refractivity contribution in [2.75, 3.05) is 31.9 Å². The van der Waals surface area contributed by atoms with Crippen LogP contribution >= 0.6 is 0 Å². The van der Waals surface area contributed by atoms with E-state index in [1.165, 1.54) is 64.2 Å². The second kappa shape index (κ2) is 16.3. The van der Waals surface area contributed by atoms with Crippen molar-refractivity contribution < 1.29 is 18.1 Å². The molecule has 1 unspecified atom stereocenters. The second-order valence-corrected chi connectivity index (χ2v) is 8.04. The van der Waals surface area contributed by atoms with E-state index < -0.39 is 22.0 Å². The maximum Gasteiger partial charge on any atom is 0.267 e. The van der Waals surface area contributed by atoms with E-state index in [2.05, 4.69) is 17.6 Å². The lowest BCUT2D eigenvalue weighted by molar-refractivity contribution is 0.191. The van der Waals surface area contributed by atoms with E-state index in [9.17, 15) is 13.5 Å². The summed E-state index contributed by atoms with van der Waals surface area (Å²) in [6, 6.07) is 0. The van der Waals surface area contributed by atoms with E-state index in [-0.39, 0.29) is 6.54 Å². The van der Waals surface area contributed by atoms with E-state index in [0.29, 0.717) is 6.54 Å². The summed E-state index contributed by atoms with van der Waals surface area (Å²) in [6.45, 7) is 4.86. The SMILES string of the molecule is CCCCCCCCCCCCNCCNCC(O)CS(=O)(=O)O. The zero-order valence-corrected chi connectivity index (χ0v) is 16.1. The van der Waals surface area contributed by atoms with Crippen LogP contribution in [0.2, 0.25) is 0 Å². The molecule has 0 fully saturated rings. The first-order valence-electron chi connectivity index (χ1n) is 9.50. The van der Waals surface area contributed by atoms with Gasteiger partial charge in [-0.2, -0.15) is 8.42 Å². The average Bonchev–Trinajstić information content (AvgIpc) is 2.49. The van der Waals surface area contributed by atoms with Crippen LogP contribution in [0.1, 0.15) is 71.1 Å². The first-order valence-corrected chi connectivity index (χ1v) is 11.1. The summed E-state index contributed by atoms with van der Waals surface area (Å²) in [5.41, 5.74) is 0. The molecule has 24 heavy (non-hydrogen) atoms. The highest BCUT2D eigenvalue weighted by Gasteiger charge is 2.12. The molecule has 0 aliphatic heterocycles. The Labute approximate surface area is 148 Å². The van der Waals surface area contributed by atoms with Crippen molar-refractivity contribution >= 4 is 10.1 Å². The third kappa shape index (κ3) is 19.8. The van der Waals surface area contributed by atoms with Gasteiger partial charge in [-0.05, 0) is 13.0 Å². The van der Waals surface area contributed by atoms with Crippen LogP contribution in [0, 0.1) is 0 Å². The zero-order chi connectivity index (χ0) is 18.1. The Bertz CT molecular complexity index is 364. The summed E-state index contributed by atoms with van der Waals surface area (Å²) >= 11 is 0. The smallest absolute Gasteiger partial charge is 0.267 e. The molecule has 0 heterocycles. The van der Waals surface area contributed by atoms with E-state index in [0.717, 1.165) is 13.1 Å². The van der Waals surface area contributed by atoms with Gasteiger partial charge in [0.25, 0.3) is 10.1 Å². The predicted molar refractivity (Wildman–Crippen MR) is 100 cm³/mol. The Morgan fingerprint density at radius 3 is 1.83 bits per heavy atom. The Hall–Kier alpha value is -0.210. The number of rotatable bonds is 18. The van der Waals surface area contributed by atoms with Gasteiger partial charge in [0.2, 0.25) is 0 Å². The fraction of sp³-hybridized carbons (Fsp3) is 1.00. The molecule has 1 atom stereocenters. The Kier molecular flexibility index (Phi) is 16.1. The third-order valence-electron chi connectivity index (χ3n) is 3.97. The summed E-state index contributed by atoms with van der Waals surface area (Å²) in [5.74, 6) is -0.619. The highest BCUT2D eigenvalue weighted by Crippen LogP contribution is 2.10. The molecule has 0 bridgehead atoms. The maximum atomic E-state index is 10.6. The van der Waals surface area contributed by atoms with Gasteiger partial charge in [0.05, 0.1) is 6.10 Å². The number of aliphatic hydroxyl groups is 1. The van der Waals surface area contributed by atoms with Crippen LogP contribution in [0.3, 0.4) is 0 Å². The van der Waals surface area contributed by atoms with Crippen molar-refractivity contribution in [3.8, 4) is 0 Å². The van der Waals surface area contributed by atoms with Gasteiger partial charge in [0.15, 0.2) is 0 Å². The third-order valence-corrected chi connectivity index (χ3v) is 4.77. The highest BCUT2D eigenvalue weighted by molar-refractivity contribution is 7.85. The molecular weight excluding hydrogens is 328 g/mol. The topological polar surface area (TPSA) is 98.7 Å². The van der Waals surface area contributed by atoms with Gasteiger partial charge in [-0.1, -0.05) is 64.7 Å². The first-order chi connectivity index (χ1) is 11.5. The summed E-state index contributed by atoms with van der Waals surface area (Å²) in [5, 5.41) is 15.6. The molecule has 0 aliphatic rings. The molecule has 6 nitrogen and oxygen atoms in total. The van der Waals surface area contributed by atoms with Crippen LogP contribution < -0.4 is 10.6 Å². The monoisotopic (exact) mass is 366 g/mol. The van der Waals surface area contributed by atoms with Crippen molar-refractivity contribution in [2.45, 2.75) is 77.2 Å². The van der Waals surface area contributed by atoms with Crippen LogP contribution in [0.4, 0.5) is 0 Å². The molecule has 0 amide bonds. The van der Waals surface area contributed by atoms with Gasteiger partial charge in [-0.25, -0.2) is 0 Å². The first kappa shape index (κ1) is 23.8. The normalized spacial score (nSPS) is 13.3. The van der Waals surface area contributed by atoms with E-state index in [1.54, 1.807) is 0 Å². The highest BCUT2D eigenvalue weighted by atomic mass is 32.2. The van der Waals surface area contributed by atoms with Gasteiger partial charge in [0, 0.05) is 19.6 Å². The molecule has 0 aromatic heterocycles. The van der Waals surface area contributed by atoms with Gasteiger partial charge in [-0.15, -0.1) is 0 Å². The molecule has 7 heteroatoms. The number of unbranched alkanes of at least 4 members (excludes halogenated alkanes) is 9. The van der Waals surface area contributed by atoms with E-state index in [1.807, 2.05) is 0 Å². The number of hydrogen-bond donors (Lipinski definition) is 4. The fourth-order valence-corrected chi connectivity index (χ4v) is 3.21. The van der Waals surface area contributed by atoms with Crippen molar-refractivity contribution in [1.82, 2.24) is 10.6 Å². The van der Waals surface area contributed by atoms with E-state index >= 15 is 0 Å². The molecule has 0 saturated carbocycles. The molecule has 0 radical (unpaired) electrons. The van der Waals surface area contributed by atoms with Crippen LogP contribution in [-0.4, -0.2) is 56.1 Å². The quantitative estimate of drug-likeness (QED) is 0.219. The van der Waals surface area contributed by atoms with Crippen molar-refractivity contribution in [2.24, 2.45) is 0 Å². The molecular formula is C17H38N2O4S. The van der Waals surface area contributed by atoms with Crippen LogP contribution in [0.25, 0.3) is 0 Å². The van der Waals surface area contributed by atoms with Crippen molar-refractivity contribution in [3.05, 3.63) is 0 Å². The second-order valence-electron chi connectivity index (χ2n) is 6.54. The minimum atomic E-state index is -4.10. The average molecular weight is 367 g/mol. The molecule has 146 valence electrons. The number of nitrogens with one attached hydrogen (secondary N) is 2. The van der Waals surface area contributed by atoms with E-state index in [4.69, 9.17) is 4.55 Å². The fourth-order valence-electron chi connectivity index (χ4n) is 2.61. The van der Waals surface area contributed by atoms with Gasteiger partial charge < -0.3 is 15.7 Å². The summed E-state index contributed by atoms with van der Waals surface area (Å²) in [4.78, 5) is 0. The minimum Gasteiger partial charge on any atom is -0.391 e. The van der Waals surface area contributed by atoms with Crippen molar-refractivity contribution in [1.29, 1.82) is 0 Å². The summed E-state index contributed by atoms with van der Waals surface area (Å²) in [6.07, 6.45) is 12.3. The maximum absolute atomic E-state index is 10.6. The van der Waals surface area contributed by atoms with Crippen LogP contribution in [-0.2, 0) is 10.1 Å². The Morgan fingerprint density at radius 1 is 0.792 bits per heavy atom. The largest absolute Gasteiger partial charge is 0.391 e. The van der Waals surface area contributed by atoms with Crippen LogP contribution in [0.5, 0.6) is 0 Å². The minimum absolute atomic E-state index is 0.166. The molecule has 0 aromatic carbocycles. The lowest BCUT2D eigenvalue weighted by atomic mass is 10.1. The molecule has 4 N–H and O–H groups in total. The molecule has 0 aromatic rings. The molecule has 0 spiro atoms. The van der Waals surface area contributed by atoms with Gasteiger partial charge >= 0.3 is 0 Å². The van der Waals surface area contributed by atoms with Gasteiger partial charge in [0.1, 0.15) is 5.75 Å². The summed E-state index contributed by atoms with van der Waals surface area (Å²) < 4.78 is 29.7. The molecule has 0 rings (SSSR count).